The molecule has 4 heteroatoms. The van der Waals surface area contributed by atoms with Crippen molar-refractivity contribution < 1.29 is 0 Å². The van der Waals surface area contributed by atoms with E-state index in [-0.39, 0.29) is 0 Å². The molecule has 0 atom stereocenters. The molecular formula is C7H10Br2N2. The molecule has 1 aromatic heterocycles. The van der Waals surface area contributed by atoms with Crippen LogP contribution >= 0.6 is 31.9 Å². The van der Waals surface area contributed by atoms with Crippen LogP contribution in [0.3, 0.4) is 0 Å². The molecule has 0 N–H and O–H groups in total. The summed E-state index contributed by atoms with van der Waals surface area (Å²) in [5.74, 6) is 0. The lowest BCUT2D eigenvalue weighted by Gasteiger charge is -1.94. The summed E-state index contributed by atoms with van der Waals surface area (Å²) in [5.41, 5.74) is 2.32. The Morgan fingerprint density at radius 2 is 2.18 bits per heavy atom. The summed E-state index contributed by atoms with van der Waals surface area (Å²) in [4.78, 5) is 0. The second-order valence-electron chi connectivity index (χ2n) is 2.32. The fourth-order valence-corrected chi connectivity index (χ4v) is 2.74. The summed E-state index contributed by atoms with van der Waals surface area (Å²) < 4.78 is 3.04. The van der Waals surface area contributed by atoms with E-state index < -0.39 is 0 Å². The molecule has 0 amide bonds. The van der Waals surface area contributed by atoms with Crippen molar-refractivity contribution in [1.82, 2.24) is 9.78 Å². The molecule has 0 aromatic carbocycles. The van der Waals surface area contributed by atoms with Crippen molar-refractivity contribution in [1.29, 1.82) is 0 Å². The minimum atomic E-state index is 0.844. The number of aromatic nitrogens is 2. The highest BCUT2D eigenvalue weighted by atomic mass is 79.9. The van der Waals surface area contributed by atoms with E-state index in [0.29, 0.717) is 0 Å². The van der Waals surface area contributed by atoms with Gasteiger partial charge in [0.15, 0.2) is 0 Å². The van der Waals surface area contributed by atoms with Gasteiger partial charge < -0.3 is 0 Å². The van der Waals surface area contributed by atoms with E-state index in [1.807, 2.05) is 11.7 Å². The SMILES string of the molecule is CCc1nn(C)c(CBr)c1Br. The number of halogens is 2. The summed E-state index contributed by atoms with van der Waals surface area (Å²) in [7, 11) is 1.96. The minimum Gasteiger partial charge on any atom is -0.270 e. The fourth-order valence-electron chi connectivity index (χ4n) is 0.965. The summed E-state index contributed by atoms with van der Waals surface area (Å²) in [6.07, 6.45) is 0.974. The third kappa shape index (κ3) is 1.67. The van der Waals surface area contributed by atoms with Gasteiger partial charge in [0.1, 0.15) is 0 Å². The highest BCUT2D eigenvalue weighted by Crippen LogP contribution is 2.23. The zero-order valence-corrected chi connectivity index (χ0v) is 9.74. The second-order valence-corrected chi connectivity index (χ2v) is 3.67. The van der Waals surface area contributed by atoms with Gasteiger partial charge in [0, 0.05) is 12.4 Å². The lowest BCUT2D eigenvalue weighted by Crippen LogP contribution is -1.95. The quantitative estimate of drug-likeness (QED) is 0.762. The van der Waals surface area contributed by atoms with Crippen LogP contribution in [0.2, 0.25) is 0 Å². The van der Waals surface area contributed by atoms with E-state index >= 15 is 0 Å². The Balaban J connectivity index is 3.14. The average Bonchev–Trinajstić information content (AvgIpc) is 2.26. The zero-order chi connectivity index (χ0) is 8.43. The number of nitrogens with zero attached hydrogens (tertiary/aromatic N) is 2. The maximum absolute atomic E-state index is 4.34. The van der Waals surface area contributed by atoms with Gasteiger partial charge in [-0.15, -0.1) is 0 Å². The third-order valence-electron chi connectivity index (χ3n) is 1.63. The van der Waals surface area contributed by atoms with Crippen molar-refractivity contribution in [2.45, 2.75) is 18.7 Å². The van der Waals surface area contributed by atoms with E-state index in [1.165, 1.54) is 5.69 Å². The predicted molar refractivity (Wildman–Crippen MR) is 52.9 cm³/mol. The van der Waals surface area contributed by atoms with Gasteiger partial charge in [-0.3, -0.25) is 4.68 Å². The Kier molecular flexibility index (Phi) is 3.13. The Hall–Kier alpha value is 0.170. The molecule has 0 radical (unpaired) electrons. The highest BCUT2D eigenvalue weighted by Gasteiger charge is 2.09. The molecule has 62 valence electrons. The first-order valence-corrected chi connectivity index (χ1v) is 5.38. The van der Waals surface area contributed by atoms with Gasteiger partial charge in [0.25, 0.3) is 0 Å². The monoisotopic (exact) mass is 280 g/mol. The zero-order valence-electron chi connectivity index (χ0n) is 6.56. The molecule has 11 heavy (non-hydrogen) atoms. The van der Waals surface area contributed by atoms with E-state index in [2.05, 4.69) is 43.9 Å². The van der Waals surface area contributed by atoms with Gasteiger partial charge in [0.05, 0.1) is 15.9 Å². The van der Waals surface area contributed by atoms with Crippen molar-refractivity contribution >= 4 is 31.9 Å². The van der Waals surface area contributed by atoms with Crippen LogP contribution in [0.1, 0.15) is 18.3 Å². The van der Waals surface area contributed by atoms with E-state index in [4.69, 9.17) is 0 Å². The molecule has 0 saturated carbocycles. The molecular weight excluding hydrogens is 272 g/mol. The van der Waals surface area contributed by atoms with Gasteiger partial charge in [0.2, 0.25) is 0 Å². The highest BCUT2D eigenvalue weighted by molar-refractivity contribution is 9.10. The van der Waals surface area contributed by atoms with Gasteiger partial charge in [-0.25, -0.2) is 0 Å². The molecule has 1 heterocycles. The smallest absolute Gasteiger partial charge is 0.0767 e. The van der Waals surface area contributed by atoms with Gasteiger partial charge >= 0.3 is 0 Å². The standard InChI is InChI=1S/C7H10Br2N2/c1-3-5-7(9)6(4-8)11(2)10-5/h3-4H2,1-2H3. The van der Waals surface area contributed by atoms with Crippen LogP contribution in [0.15, 0.2) is 4.47 Å². The molecule has 2 nitrogen and oxygen atoms in total. The normalized spacial score (nSPS) is 10.5. The van der Waals surface area contributed by atoms with Crippen molar-refractivity contribution in [3.63, 3.8) is 0 Å². The van der Waals surface area contributed by atoms with E-state index in [1.54, 1.807) is 0 Å². The number of hydrogen-bond donors (Lipinski definition) is 0. The van der Waals surface area contributed by atoms with Crippen molar-refractivity contribution in [2.75, 3.05) is 0 Å². The number of rotatable bonds is 2. The van der Waals surface area contributed by atoms with Crippen molar-refractivity contribution in [3.8, 4) is 0 Å². The van der Waals surface area contributed by atoms with Crippen LogP contribution in [0.5, 0.6) is 0 Å². The Bertz CT molecular complexity index is 255. The molecule has 0 aliphatic carbocycles. The van der Waals surface area contributed by atoms with Gasteiger partial charge in [-0.2, -0.15) is 5.10 Å². The first-order chi connectivity index (χ1) is 5.20. The Labute approximate surface area is 83.2 Å². The van der Waals surface area contributed by atoms with Crippen molar-refractivity contribution in [3.05, 3.63) is 15.9 Å². The predicted octanol–water partition coefficient (Wildman–Crippen LogP) is 2.64. The lowest BCUT2D eigenvalue weighted by molar-refractivity contribution is 0.721. The van der Waals surface area contributed by atoms with Crippen LogP contribution in [0, 0.1) is 0 Å². The summed E-state index contributed by atoms with van der Waals surface area (Å²) in [5, 5.41) is 5.18. The molecule has 1 rings (SSSR count). The largest absolute Gasteiger partial charge is 0.270 e. The third-order valence-corrected chi connectivity index (χ3v) is 3.08. The summed E-state index contributed by atoms with van der Waals surface area (Å²) >= 11 is 6.92. The average molecular weight is 282 g/mol. The van der Waals surface area contributed by atoms with Crippen LogP contribution in [-0.2, 0) is 18.8 Å². The molecule has 0 spiro atoms. The maximum Gasteiger partial charge on any atom is 0.0767 e. The minimum absolute atomic E-state index is 0.844. The molecule has 0 aliphatic heterocycles. The first kappa shape index (κ1) is 9.26. The number of alkyl halides is 1. The summed E-state index contributed by atoms with van der Waals surface area (Å²) in [6.45, 7) is 2.10. The van der Waals surface area contributed by atoms with Crippen molar-refractivity contribution in [2.24, 2.45) is 7.05 Å². The molecule has 0 aliphatic rings. The first-order valence-electron chi connectivity index (χ1n) is 3.46. The maximum atomic E-state index is 4.34. The van der Waals surface area contributed by atoms with Crippen LogP contribution in [0.4, 0.5) is 0 Å². The second kappa shape index (κ2) is 3.72. The molecule has 0 fully saturated rings. The molecule has 0 unspecified atom stereocenters. The molecule has 0 bridgehead atoms. The fraction of sp³-hybridized carbons (Fsp3) is 0.571. The number of aryl methyl sites for hydroxylation is 2. The van der Waals surface area contributed by atoms with Crippen LogP contribution < -0.4 is 0 Å². The van der Waals surface area contributed by atoms with E-state index in [9.17, 15) is 0 Å². The molecule has 0 saturated heterocycles. The Morgan fingerprint density at radius 3 is 2.45 bits per heavy atom. The Morgan fingerprint density at radius 1 is 1.55 bits per heavy atom. The van der Waals surface area contributed by atoms with Crippen LogP contribution in [0.25, 0.3) is 0 Å². The lowest BCUT2D eigenvalue weighted by atomic mass is 10.3. The molecule has 1 aromatic rings. The van der Waals surface area contributed by atoms with E-state index in [0.717, 1.165) is 21.9 Å². The number of hydrogen-bond acceptors (Lipinski definition) is 1. The summed E-state index contributed by atoms with van der Waals surface area (Å²) in [6, 6.07) is 0. The van der Waals surface area contributed by atoms with Gasteiger partial charge in [-0.05, 0) is 22.4 Å². The van der Waals surface area contributed by atoms with Crippen LogP contribution in [-0.4, -0.2) is 9.78 Å². The topological polar surface area (TPSA) is 17.8 Å². The van der Waals surface area contributed by atoms with Gasteiger partial charge in [-0.1, -0.05) is 22.9 Å².